The first-order valence-corrected chi connectivity index (χ1v) is 13.0. The van der Waals surface area contributed by atoms with Crippen LogP contribution in [-0.2, 0) is 0 Å². The molecule has 0 N–H and O–H groups in total. The normalized spacial score (nSPS) is 11.2. The van der Waals surface area contributed by atoms with Gasteiger partial charge in [0.2, 0.25) is 0 Å². The zero-order chi connectivity index (χ0) is 26.2. The van der Waals surface area contributed by atoms with Gasteiger partial charge in [-0.2, -0.15) is 0 Å². The predicted octanol–water partition coefficient (Wildman–Crippen LogP) is 8.55. The van der Waals surface area contributed by atoms with E-state index < -0.39 is 0 Å². The summed E-state index contributed by atoms with van der Waals surface area (Å²) in [6.45, 7) is 1.95. The number of para-hydroxylation sites is 1. The zero-order valence-corrected chi connectivity index (χ0v) is 21.4. The van der Waals surface area contributed by atoms with Gasteiger partial charge in [0.05, 0.1) is 22.4 Å². The maximum absolute atomic E-state index is 5.05. The van der Waals surface area contributed by atoms with Gasteiger partial charge in [0, 0.05) is 27.5 Å². The Morgan fingerprint density at radius 2 is 1.00 bits per heavy atom. The standard InChI is InChI=1S/C35H24N4/c1-23-36-32-22-27(19-20-30(32)33(37-23)24-11-4-2-5-12-24)26-15-10-16-28(21-26)34-29-17-8-9-18-31(29)38-35(39-34)25-13-6-3-7-14-25/h2-22H,1H3. The molecular weight excluding hydrogens is 476 g/mol. The lowest BCUT2D eigenvalue weighted by Crippen LogP contribution is -1.96. The van der Waals surface area contributed by atoms with Gasteiger partial charge in [-0.05, 0) is 42.3 Å². The first-order valence-electron chi connectivity index (χ1n) is 13.0. The monoisotopic (exact) mass is 500 g/mol. The molecule has 0 atom stereocenters. The van der Waals surface area contributed by atoms with Gasteiger partial charge >= 0.3 is 0 Å². The molecule has 39 heavy (non-hydrogen) atoms. The average Bonchev–Trinajstić information content (AvgIpc) is 3.00. The fourth-order valence-corrected chi connectivity index (χ4v) is 5.10. The van der Waals surface area contributed by atoms with Crippen LogP contribution in [-0.4, -0.2) is 19.9 Å². The highest BCUT2D eigenvalue weighted by Crippen LogP contribution is 2.34. The van der Waals surface area contributed by atoms with Gasteiger partial charge in [0.25, 0.3) is 0 Å². The summed E-state index contributed by atoms with van der Waals surface area (Å²) >= 11 is 0. The van der Waals surface area contributed by atoms with Gasteiger partial charge in [-0.25, -0.2) is 19.9 Å². The molecule has 7 rings (SSSR count). The lowest BCUT2D eigenvalue weighted by molar-refractivity contribution is 1.10. The van der Waals surface area contributed by atoms with Crippen LogP contribution in [0.1, 0.15) is 5.82 Å². The summed E-state index contributed by atoms with van der Waals surface area (Å²) in [7, 11) is 0. The van der Waals surface area contributed by atoms with Crippen LogP contribution in [0, 0.1) is 6.92 Å². The minimum Gasteiger partial charge on any atom is -0.233 e. The maximum atomic E-state index is 5.05. The molecular formula is C35H24N4. The molecule has 0 spiro atoms. The Bertz CT molecular complexity index is 1970. The Morgan fingerprint density at radius 1 is 0.385 bits per heavy atom. The minimum absolute atomic E-state index is 0.723. The predicted molar refractivity (Wildman–Crippen MR) is 159 cm³/mol. The Balaban J connectivity index is 1.36. The molecule has 0 radical (unpaired) electrons. The molecule has 0 unspecified atom stereocenters. The van der Waals surface area contributed by atoms with Crippen molar-refractivity contribution in [1.29, 1.82) is 0 Å². The van der Waals surface area contributed by atoms with E-state index >= 15 is 0 Å². The molecule has 0 saturated heterocycles. The Kier molecular flexibility index (Phi) is 5.64. The third-order valence-corrected chi connectivity index (χ3v) is 6.96. The lowest BCUT2D eigenvalue weighted by Gasteiger charge is -2.12. The second-order valence-electron chi connectivity index (χ2n) is 9.58. The van der Waals surface area contributed by atoms with Crippen molar-refractivity contribution in [3.05, 3.63) is 133 Å². The molecule has 2 heterocycles. The second-order valence-corrected chi connectivity index (χ2v) is 9.58. The fraction of sp³-hybridized carbons (Fsp3) is 0.0286. The zero-order valence-electron chi connectivity index (χ0n) is 21.4. The van der Waals surface area contributed by atoms with Crippen molar-refractivity contribution in [3.63, 3.8) is 0 Å². The van der Waals surface area contributed by atoms with Crippen LogP contribution >= 0.6 is 0 Å². The van der Waals surface area contributed by atoms with Crippen LogP contribution in [0.25, 0.3) is 66.8 Å². The Labute approximate surface area is 226 Å². The molecule has 184 valence electrons. The van der Waals surface area contributed by atoms with E-state index in [1.54, 1.807) is 0 Å². The van der Waals surface area contributed by atoms with E-state index in [1.807, 2.05) is 73.7 Å². The van der Waals surface area contributed by atoms with Crippen molar-refractivity contribution in [3.8, 4) is 45.0 Å². The summed E-state index contributed by atoms with van der Waals surface area (Å²) in [5, 5.41) is 2.07. The van der Waals surface area contributed by atoms with Crippen molar-refractivity contribution >= 4 is 21.8 Å². The van der Waals surface area contributed by atoms with Gasteiger partial charge in [0.15, 0.2) is 5.82 Å². The van der Waals surface area contributed by atoms with Crippen LogP contribution in [0.2, 0.25) is 0 Å². The molecule has 5 aromatic carbocycles. The third kappa shape index (κ3) is 4.32. The molecule has 4 nitrogen and oxygen atoms in total. The first kappa shape index (κ1) is 22.9. The van der Waals surface area contributed by atoms with Gasteiger partial charge in [-0.1, -0.05) is 103 Å². The molecule has 4 heteroatoms. The van der Waals surface area contributed by atoms with E-state index in [-0.39, 0.29) is 0 Å². The largest absolute Gasteiger partial charge is 0.233 e. The Hall–Kier alpha value is -5.22. The third-order valence-electron chi connectivity index (χ3n) is 6.96. The van der Waals surface area contributed by atoms with E-state index in [9.17, 15) is 0 Å². The SMILES string of the molecule is Cc1nc(-c2ccccc2)c2ccc(-c3cccc(-c4nc(-c5ccccc5)nc5ccccc45)c3)cc2n1. The quantitative estimate of drug-likeness (QED) is 0.243. The number of aryl methyl sites for hydroxylation is 1. The van der Waals surface area contributed by atoms with Gasteiger partial charge < -0.3 is 0 Å². The van der Waals surface area contributed by atoms with Crippen molar-refractivity contribution in [2.45, 2.75) is 6.92 Å². The fourth-order valence-electron chi connectivity index (χ4n) is 5.10. The van der Waals surface area contributed by atoms with Crippen LogP contribution in [0.5, 0.6) is 0 Å². The number of hydrogen-bond acceptors (Lipinski definition) is 4. The molecule has 0 amide bonds. The Morgan fingerprint density at radius 3 is 1.82 bits per heavy atom. The summed E-state index contributed by atoms with van der Waals surface area (Å²) in [6.07, 6.45) is 0. The molecule has 7 aromatic rings. The van der Waals surface area contributed by atoms with E-state index in [0.717, 1.165) is 72.7 Å². The second kappa shape index (κ2) is 9.58. The molecule has 2 aromatic heterocycles. The number of aromatic nitrogens is 4. The van der Waals surface area contributed by atoms with E-state index in [0.29, 0.717) is 0 Å². The maximum Gasteiger partial charge on any atom is 0.160 e. The molecule has 0 fully saturated rings. The van der Waals surface area contributed by atoms with Gasteiger partial charge in [-0.15, -0.1) is 0 Å². The van der Waals surface area contributed by atoms with Crippen LogP contribution in [0.4, 0.5) is 0 Å². The van der Waals surface area contributed by atoms with Crippen LogP contribution in [0.15, 0.2) is 127 Å². The molecule has 0 bridgehead atoms. The number of benzene rings is 5. The summed E-state index contributed by atoms with van der Waals surface area (Å²) < 4.78 is 0. The molecule has 0 aliphatic heterocycles. The van der Waals surface area contributed by atoms with Gasteiger partial charge in [-0.3, -0.25) is 0 Å². The number of nitrogens with zero attached hydrogens (tertiary/aromatic N) is 4. The summed E-state index contributed by atoms with van der Waals surface area (Å²) in [5.41, 5.74) is 9.09. The van der Waals surface area contributed by atoms with Crippen LogP contribution in [0.3, 0.4) is 0 Å². The van der Waals surface area contributed by atoms with Crippen molar-refractivity contribution < 1.29 is 0 Å². The van der Waals surface area contributed by atoms with E-state index in [4.69, 9.17) is 19.9 Å². The van der Waals surface area contributed by atoms with E-state index in [2.05, 4.69) is 60.7 Å². The summed E-state index contributed by atoms with van der Waals surface area (Å²) in [5.74, 6) is 1.48. The highest BCUT2D eigenvalue weighted by atomic mass is 14.9. The topological polar surface area (TPSA) is 51.6 Å². The average molecular weight is 501 g/mol. The smallest absolute Gasteiger partial charge is 0.160 e. The number of fused-ring (bicyclic) bond motifs is 2. The molecule has 0 saturated carbocycles. The van der Waals surface area contributed by atoms with Gasteiger partial charge in [0.1, 0.15) is 5.82 Å². The first-order chi connectivity index (χ1) is 19.2. The van der Waals surface area contributed by atoms with Crippen molar-refractivity contribution in [1.82, 2.24) is 19.9 Å². The van der Waals surface area contributed by atoms with E-state index in [1.165, 1.54) is 0 Å². The highest BCUT2D eigenvalue weighted by molar-refractivity contribution is 5.96. The summed E-state index contributed by atoms with van der Waals surface area (Å²) in [6, 6.07) is 43.6. The van der Waals surface area contributed by atoms with Crippen molar-refractivity contribution in [2.75, 3.05) is 0 Å². The number of hydrogen-bond donors (Lipinski definition) is 0. The molecule has 0 aliphatic carbocycles. The van der Waals surface area contributed by atoms with Crippen molar-refractivity contribution in [2.24, 2.45) is 0 Å². The van der Waals surface area contributed by atoms with Crippen LogP contribution < -0.4 is 0 Å². The minimum atomic E-state index is 0.723. The highest BCUT2D eigenvalue weighted by Gasteiger charge is 2.13. The molecule has 0 aliphatic rings. The summed E-state index contributed by atoms with van der Waals surface area (Å²) in [4.78, 5) is 19.5. The lowest BCUT2D eigenvalue weighted by atomic mass is 9.98. The number of rotatable bonds is 4.